The Morgan fingerprint density at radius 1 is 1.14 bits per heavy atom. The quantitative estimate of drug-likeness (QED) is 0.609. The van der Waals surface area contributed by atoms with E-state index >= 15 is 0 Å². The van der Waals surface area contributed by atoms with Gasteiger partial charge in [-0.05, 0) is 56.1 Å². The molecule has 0 heterocycles. The molecule has 2 aromatic rings. The third-order valence-electron chi connectivity index (χ3n) is 3.83. The molecule has 0 aliphatic carbocycles. The molecule has 160 valence electrons. The Balaban J connectivity index is 2.36. The number of nitrogens with zero attached hydrogens (tertiary/aromatic N) is 2. The van der Waals surface area contributed by atoms with E-state index in [0.29, 0.717) is 16.6 Å². The van der Waals surface area contributed by atoms with Crippen LogP contribution in [-0.2, 0) is 9.92 Å². The Kier molecular flexibility index (Phi) is 7.80. The minimum atomic E-state index is -4.80. The van der Waals surface area contributed by atoms with Gasteiger partial charge in [-0.15, -0.1) is 13.2 Å². The molecular weight excluding hydrogens is 450 g/mol. The first-order chi connectivity index (χ1) is 13.4. The zero-order chi connectivity index (χ0) is 21.8. The van der Waals surface area contributed by atoms with Crippen LogP contribution in [-0.4, -0.2) is 43.2 Å². The highest BCUT2D eigenvalue weighted by atomic mass is 35.5. The van der Waals surface area contributed by atoms with Crippen LogP contribution in [0.1, 0.15) is 11.6 Å². The van der Waals surface area contributed by atoms with Crippen molar-refractivity contribution in [3.8, 4) is 5.75 Å². The van der Waals surface area contributed by atoms with Crippen molar-refractivity contribution < 1.29 is 22.1 Å². The summed E-state index contributed by atoms with van der Waals surface area (Å²) in [5.74, 6) is -0.409. The van der Waals surface area contributed by atoms with Gasteiger partial charge in [0.25, 0.3) is 0 Å². The summed E-state index contributed by atoms with van der Waals surface area (Å²) < 4.78 is 61.3. The number of rotatable bonds is 7. The van der Waals surface area contributed by atoms with Crippen LogP contribution in [0.15, 0.2) is 51.7 Å². The lowest BCUT2D eigenvalue weighted by Gasteiger charge is -2.25. The molecule has 0 amide bonds. The maximum atomic E-state index is 13.5. The van der Waals surface area contributed by atoms with E-state index in [9.17, 15) is 17.4 Å². The second-order valence-corrected chi connectivity index (χ2v) is 9.27. The van der Waals surface area contributed by atoms with Crippen LogP contribution < -0.4 is 9.46 Å². The van der Waals surface area contributed by atoms with Gasteiger partial charge in [0.1, 0.15) is 15.7 Å². The van der Waals surface area contributed by atoms with E-state index < -0.39 is 28.1 Å². The van der Waals surface area contributed by atoms with Crippen molar-refractivity contribution in [2.24, 2.45) is 4.36 Å². The zero-order valence-corrected chi connectivity index (χ0v) is 18.2. The highest BCUT2D eigenvalue weighted by Gasteiger charge is 2.31. The minimum absolute atomic E-state index is 0.221. The van der Waals surface area contributed by atoms with Crippen LogP contribution in [0, 0.1) is 0 Å². The highest BCUT2D eigenvalue weighted by Crippen LogP contribution is 2.28. The van der Waals surface area contributed by atoms with Gasteiger partial charge >= 0.3 is 6.36 Å². The normalized spacial score (nSPS) is 15.1. The summed E-state index contributed by atoms with van der Waals surface area (Å²) in [5, 5.41) is 0.739. The SMILES string of the molecule is CN=[S@](=O)(NC(CN(C)C)c1ccc(Cl)c(Cl)c1)c1ccc(OC(F)(F)F)cc1. The number of halogens is 5. The molecule has 0 aliphatic rings. The first-order valence-electron chi connectivity index (χ1n) is 8.31. The molecule has 0 aromatic heterocycles. The number of benzene rings is 2. The minimum Gasteiger partial charge on any atom is -0.406 e. The lowest BCUT2D eigenvalue weighted by Crippen LogP contribution is -2.35. The second-order valence-electron chi connectivity index (χ2n) is 6.33. The van der Waals surface area contributed by atoms with Gasteiger partial charge in [-0.2, -0.15) is 0 Å². The summed E-state index contributed by atoms with van der Waals surface area (Å²) in [7, 11) is 1.92. The molecular formula is C18H20Cl2F3N3O2S. The molecule has 2 aromatic carbocycles. The van der Waals surface area contributed by atoms with Crippen molar-refractivity contribution in [1.82, 2.24) is 9.62 Å². The van der Waals surface area contributed by atoms with Crippen LogP contribution in [0.4, 0.5) is 13.2 Å². The number of ether oxygens (including phenoxy) is 1. The lowest BCUT2D eigenvalue weighted by atomic mass is 10.1. The first-order valence-corrected chi connectivity index (χ1v) is 10.6. The topological polar surface area (TPSA) is 53.9 Å². The molecule has 29 heavy (non-hydrogen) atoms. The Labute approximate surface area is 178 Å². The van der Waals surface area contributed by atoms with E-state index in [2.05, 4.69) is 13.8 Å². The molecule has 0 radical (unpaired) electrons. The molecule has 2 atom stereocenters. The average molecular weight is 470 g/mol. The molecule has 1 unspecified atom stereocenters. The fourth-order valence-corrected chi connectivity index (χ4v) is 4.41. The molecule has 0 saturated heterocycles. The van der Waals surface area contributed by atoms with Crippen molar-refractivity contribution in [2.45, 2.75) is 17.3 Å². The zero-order valence-electron chi connectivity index (χ0n) is 15.8. The van der Waals surface area contributed by atoms with E-state index in [-0.39, 0.29) is 4.90 Å². The van der Waals surface area contributed by atoms with E-state index in [1.807, 2.05) is 19.0 Å². The maximum Gasteiger partial charge on any atom is 0.573 e. The Morgan fingerprint density at radius 2 is 1.76 bits per heavy atom. The monoisotopic (exact) mass is 469 g/mol. The van der Waals surface area contributed by atoms with Gasteiger partial charge in [0.15, 0.2) is 0 Å². The molecule has 5 nitrogen and oxygen atoms in total. The standard InChI is InChI=1S/C18H20Cl2F3N3O2S/c1-24-29(27,14-7-5-13(6-8-14)28-18(21,22)23)25-17(11-26(2)3)12-4-9-15(19)16(20)10-12/h4-10,17H,11H2,1-3H3,(H,24,25,27)/t17?,29-/m0/s1. The fraction of sp³-hybridized carbons (Fsp3) is 0.333. The van der Waals surface area contributed by atoms with Crippen LogP contribution in [0.2, 0.25) is 10.0 Å². The summed E-state index contributed by atoms with van der Waals surface area (Å²) in [6.45, 7) is 0.458. The summed E-state index contributed by atoms with van der Waals surface area (Å²) in [4.78, 5) is 2.11. The van der Waals surface area contributed by atoms with Gasteiger partial charge in [-0.1, -0.05) is 29.3 Å². The summed E-state index contributed by atoms with van der Waals surface area (Å²) >= 11 is 12.1. The van der Waals surface area contributed by atoms with Crippen LogP contribution in [0.25, 0.3) is 0 Å². The molecule has 0 fully saturated rings. The van der Waals surface area contributed by atoms with Gasteiger partial charge in [0, 0.05) is 13.6 Å². The van der Waals surface area contributed by atoms with Crippen molar-refractivity contribution >= 4 is 33.1 Å². The lowest BCUT2D eigenvalue weighted by molar-refractivity contribution is -0.274. The molecule has 0 saturated carbocycles. The molecule has 0 spiro atoms. The summed E-state index contributed by atoms with van der Waals surface area (Å²) in [5.41, 5.74) is 0.737. The van der Waals surface area contributed by atoms with Crippen LogP contribution in [0.3, 0.4) is 0 Å². The second kappa shape index (κ2) is 9.53. The van der Waals surface area contributed by atoms with E-state index in [1.54, 1.807) is 18.2 Å². The largest absolute Gasteiger partial charge is 0.573 e. The molecule has 0 bridgehead atoms. The predicted octanol–water partition coefficient (Wildman–Crippen LogP) is 5.16. The number of hydrogen-bond acceptors (Lipinski definition) is 4. The average Bonchev–Trinajstić information content (AvgIpc) is 2.62. The van der Waals surface area contributed by atoms with Crippen LogP contribution >= 0.6 is 23.2 Å². The Bertz CT molecular complexity index is 960. The third kappa shape index (κ3) is 6.75. The Hall–Kier alpha value is -1.52. The van der Waals surface area contributed by atoms with Gasteiger partial charge in [-0.3, -0.25) is 0 Å². The number of alkyl halides is 3. The molecule has 1 N–H and O–H groups in total. The van der Waals surface area contributed by atoms with Gasteiger partial charge in [0.2, 0.25) is 0 Å². The van der Waals surface area contributed by atoms with E-state index in [4.69, 9.17) is 23.2 Å². The fourth-order valence-electron chi connectivity index (χ4n) is 2.55. The summed E-state index contributed by atoms with van der Waals surface area (Å²) in [6.07, 6.45) is -4.80. The van der Waals surface area contributed by atoms with Crippen molar-refractivity contribution in [3.63, 3.8) is 0 Å². The van der Waals surface area contributed by atoms with E-state index in [0.717, 1.165) is 17.7 Å². The van der Waals surface area contributed by atoms with Gasteiger partial charge in [-0.25, -0.2) is 13.3 Å². The van der Waals surface area contributed by atoms with Crippen molar-refractivity contribution in [3.05, 3.63) is 58.1 Å². The predicted molar refractivity (Wildman–Crippen MR) is 109 cm³/mol. The highest BCUT2D eigenvalue weighted by molar-refractivity contribution is 7.91. The van der Waals surface area contributed by atoms with Crippen LogP contribution in [0.5, 0.6) is 5.75 Å². The number of nitrogens with one attached hydrogen (secondary N) is 1. The number of likely N-dealkylation sites (N-methyl/N-ethyl adjacent to an activating group) is 1. The number of hydrogen-bond donors (Lipinski definition) is 1. The molecule has 2 rings (SSSR count). The smallest absolute Gasteiger partial charge is 0.406 e. The first kappa shape index (κ1) is 23.8. The summed E-state index contributed by atoms with van der Waals surface area (Å²) in [6, 6.07) is 9.37. The van der Waals surface area contributed by atoms with Gasteiger partial charge in [0.05, 0.1) is 21.0 Å². The molecule has 0 aliphatic heterocycles. The maximum absolute atomic E-state index is 13.5. The molecule has 11 heteroatoms. The Morgan fingerprint density at radius 3 is 2.24 bits per heavy atom. The van der Waals surface area contributed by atoms with Gasteiger partial charge < -0.3 is 9.64 Å². The van der Waals surface area contributed by atoms with E-state index in [1.165, 1.54) is 19.2 Å². The van der Waals surface area contributed by atoms with Crippen molar-refractivity contribution in [1.29, 1.82) is 0 Å². The van der Waals surface area contributed by atoms with Crippen molar-refractivity contribution in [2.75, 3.05) is 27.7 Å². The third-order valence-corrected chi connectivity index (χ3v) is 6.60.